The van der Waals surface area contributed by atoms with Crippen LogP contribution < -0.4 is 4.90 Å². The van der Waals surface area contributed by atoms with E-state index < -0.39 is 66.6 Å². The molecule has 0 fully saturated rings. The zero-order valence-electron chi connectivity index (χ0n) is 71.8. The molecule has 18 rings (SSSR count). The second-order valence-electron chi connectivity index (χ2n) is 33.4. The number of carbonyl (C=O) groups excluding carboxylic acids is 3. The number of aromatic nitrogens is 9. The molecular weight excluding hydrogens is 1640 g/mol. The molecule has 0 aliphatic heterocycles. The molecule has 0 N–H and O–H groups in total. The van der Waals surface area contributed by atoms with Crippen LogP contribution in [0.4, 0.5) is 42.8 Å². The number of fused-ring (bicyclic) bond motifs is 9. The molecule has 27 heteroatoms. The summed E-state index contributed by atoms with van der Waals surface area (Å²) in [6.45, 7) is 22.2. The lowest BCUT2D eigenvalue weighted by Crippen LogP contribution is -2.44. The van der Waals surface area contributed by atoms with Crippen molar-refractivity contribution in [1.29, 1.82) is 5.26 Å². The van der Waals surface area contributed by atoms with Crippen molar-refractivity contribution in [3.05, 3.63) is 409 Å². The highest BCUT2D eigenvalue weighted by Gasteiger charge is 2.44. The summed E-state index contributed by atoms with van der Waals surface area (Å²) in [6, 6.07) is 94.1. The van der Waals surface area contributed by atoms with E-state index in [1.807, 2.05) is 164 Å². The smallest absolute Gasteiger partial charge is 0.424 e. The van der Waals surface area contributed by atoms with Crippen molar-refractivity contribution in [2.45, 2.75) is 90.2 Å². The zero-order chi connectivity index (χ0) is 91.6. The molecule has 130 heavy (non-hydrogen) atoms. The number of nitro benzene ring substituents is 3. The van der Waals surface area contributed by atoms with Crippen LogP contribution in [0, 0.1) is 48.2 Å². The largest absolute Gasteiger partial charge is 0.443 e. The van der Waals surface area contributed by atoms with Crippen molar-refractivity contribution < 1.29 is 43.4 Å². The number of rotatable bonds is 15. The van der Waals surface area contributed by atoms with Crippen molar-refractivity contribution in [1.82, 2.24) is 43.6 Å². The van der Waals surface area contributed by atoms with E-state index in [0.717, 1.165) is 72.0 Å². The number of nitriles is 1. The molecule has 0 atom stereocenters. The van der Waals surface area contributed by atoms with E-state index in [4.69, 9.17) is 35.7 Å². The van der Waals surface area contributed by atoms with Crippen molar-refractivity contribution in [2.24, 2.45) is 0 Å². The van der Waals surface area contributed by atoms with Gasteiger partial charge in [0, 0.05) is 104 Å². The van der Waals surface area contributed by atoms with Crippen LogP contribution in [0.25, 0.3) is 104 Å². The number of anilines is 1. The Bertz CT molecular complexity index is 7330. The molecule has 9 aromatic heterocycles. The Hall–Kier alpha value is -17.3. The van der Waals surface area contributed by atoms with Crippen LogP contribution in [0.15, 0.2) is 328 Å². The van der Waals surface area contributed by atoms with E-state index in [1.165, 1.54) is 41.0 Å². The maximum absolute atomic E-state index is 13.3. The van der Waals surface area contributed by atoms with E-state index in [2.05, 4.69) is 102 Å². The predicted molar refractivity (Wildman–Crippen MR) is 498 cm³/mol. The summed E-state index contributed by atoms with van der Waals surface area (Å²) in [6.07, 6.45) is 7.49. The zero-order valence-corrected chi connectivity index (χ0v) is 71.8. The predicted octanol–water partition coefficient (Wildman–Crippen LogP) is 24.0. The minimum absolute atomic E-state index is 0.00809. The van der Waals surface area contributed by atoms with Gasteiger partial charge < -0.3 is 23.3 Å². The number of nitrogens with zero attached hydrogens (tertiary/aromatic N) is 15. The van der Waals surface area contributed by atoms with Crippen LogP contribution >= 0.6 is 0 Å². The van der Waals surface area contributed by atoms with Gasteiger partial charge in [-0.25, -0.2) is 38.7 Å². The molecule has 2 amide bonds. The van der Waals surface area contributed by atoms with Crippen LogP contribution in [0.1, 0.15) is 101 Å². The first-order chi connectivity index (χ1) is 62.5. The average molecular weight is 1720 g/mol. The van der Waals surface area contributed by atoms with Gasteiger partial charge in [-0.05, 0) is 181 Å². The molecule has 27 nitrogen and oxygen atoms in total. The number of hydrogen-bond acceptors (Lipinski definition) is 19. The number of benzene rings is 9. The van der Waals surface area contributed by atoms with Crippen LogP contribution in [0.5, 0.6) is 0 Å². The summed E-state index contributed by atoms with van der Waals surface area (Å²) in [5, 5.41) is 50.0. The van der Waals surface area contributed by atoms with E-state index >= 15 is 0 Å². The van der Waals surface area contributed by atoms with Gasteiger partial charge in [0.05, 0.1) is 55.0 Å². The molecule has 9 aromatic carbocycles. The number of ether oxygens (including phenoxy) is 3. The highest BCUT2D eigenvalue weighted by atomic mass is 16.6. The van der Waals surface area contributed by atoms with Gasteiger partial charge in [0.2, 0.25) is 0 Å². The van der Waals surface area contributed by atoms with Gasteiger partial charge in [0.25, 0.3) is 22.7 Å². The Morgan fingerprint density at radius 2 is 0.715 bits per heavy atom. The average Bonchev–Trinajstić information content (AvgIpc) is 1.31. The molecule has 640 valence electrons. The second-order valence-corrected chi connectivity index (χ2v) is 33.4. The fraction of sp³-hybridized carbons (Fsp3) is 0.136. The number of hydrogen-bond donors (Lipinski definition) is 0. The van der Waals surface area contributed by atoms with Crippen molar-refractivity contribution in [3.63, 3.8) is 0 Å². The molecule has 9 heterocycles. The normalized spacial score (nSPS) is 11.7. The summed E-state index contributed by atoms with van der Waals surface area (Å²) in [4.78, 5) is 106. The summed E-state index contributed by atoms with van der Waals surface area (Å²) in [5.41, 5.74) is 7.41. The molecule has 18 aromatic rings. The lowest BCUT2D eigenvalue weighted by molar-refractivity contribution is -0.385. The first-order valence-corrected chi connectivity index (χ1v) is 41.2. The van der Waals surface area contributed by atoms with E-state index in [1.54, 1.807) is 117 Å². The number of nitro groups is 3. The van der Waals surface area contributed by atoms with Crippen LogP contribution in [0.2, 0.25) is 0 Å². The maximum atomic E-state index is 13.3. The molecular formula is C103H81N15O12. The van der Waals surface area contributed by atoms with Crippen molar-refractivity contribution in [2.75, 3.05) is 4.90 Å². The van der Waals surface area contributed by atoms with Gasteiger partial charge in [0.1, 0.15) is 56.5 Å². The van der Waals surface area contributed by atoms with Gasteiger partial charge in [-0.3, -0.25) is 45.3 Å². The molecule has 0 spiro atoms. The van der Waals surface area contributed by atoms with Crippen LogP contribution in [-0.4, -0.2) is 93.5 Å². The van der Waals surface area contributed by atoms with Crippen molar-refractivity contribution >= 4 is 113 Å². The summed E-state index contributed by atoms with van der Waals surface area (Å²) in [7, 11) is 0. The Labute approximate surface area is 744 Å². The molecule has 0 saturated carbocycles. The first kappa shape index (κ1) is 86.2. The quantitative estimate of drug-likeness (QED) is 0.0302. The number of imide groups is 1. The number of carbonyl (C=O) groups is 3. The fourth-order valence-electron chi connectivity index (χ4n) is 16.5. The third kappa shape index (κ3) is 16.4. The van der Waals surface area contributed by atoms with Gasteiger partial charge >= 0.3 is 18.3 Å². The van der Waals surface area contributed by atoms with Crippen LogP contribution in [0.3, 0.4) is 0 Å². The Morgan fingerprint density at radius 3 is 1.08 bits per heavy atom. The summed E-state index contributed by atoms with van der Waals surface area (Å²) in [5.74, 6) is 0. The van der Waals surface area contributed by atoms with E-state index in [9.17, 15) is 50.0 Å². The maximum Gasteiger partial charge on any atom is 0.424 e. The Balaban J connectivity index is 0.000000143. The third-order valence-electron chi connectivity index (χ3n) is 21.7. The van der Waals surface area contributed by atoms with Gasteiger partial charge in [0.15, 0.2) is 5.65 Å². The van der Waals surface area contributed by atoms with Gasteiger partial charge in [-0.2, -0.15) is 10.2 Å². The summed E-state index contributed by atoms with van der Waals surface area (Å²) >= 11 is 0. The molecule has 0 radical (unpaired) electrons. The van der Waals surface area contributed by atoms with Crippen molar-refractivity contribution in [3.8, 4) is 39.8 Å². The minimum atomic E-state index is -1.16. The first-order valence-electron chi connectivity index (χ1n) is 41.2. The van der Waals surface area contributed by atoms with Gasteiger partial charge in [-0.15, -0.1) is 0 Å². The lowest BCUT2D eigenvalue weighted by Gasteiger charge is -2.38. The SMILES string of the molecule is CC(C)(C)OC(=O)N(C(=O)OC(C)(C)C)c1cc(-c2ccc3c4cnccc4n(C(=O)OC(C)(C)C)c3n2)ccc1[N+](=O)[O-].N#Cc1cc(-c2ccc3c4cnccc4n(C(c4ccccc4)(c4ccccc4)c4ccccc4)c3n2)ccc1[N+](=O)[O-].[C-]#[N+]c1ccc(-c2ccc3c4cnccc4n(C(c4ccccc4)(c4ccccc4)c4ccccc4)c3n2)cc1[N+](=O)[O-]. The number of amides is 2. The minimum Gasteiger partial charge on any atom is -0.443 e. The monoisotopic (exact) mass is 1720 g/mol. The highest BCUT2D eigenvalue weighted by Crippen LogP contribution is 2.50. The van der Waals surface area contributed by atoms with E-state index in [-0.39, 0.29) is 34.0 Å². The standard InChI is InChI=1S/2C36H23N5O2.C31H35N5O8/c1-37-32-19-17-25(23-34(32)41(42)43)31-20-18-29-30-24-38-22-21-33(30)40(35(29)39-31)36(26-11-5-2-6-12-26,27-13-7-3-8-14-27)28-15-9-4-10-16-28;37-23-26-22-25(16-19-33(26)41(42)43)32-18-17-30-31-24-38-21-20-34(31)40(35(30)39-32)36(27-10-4-1-5-11-27,28-12-6-2-7-13-28)29-14-8-3-9-15-29;1-29(2,3)42-26(37)34-22-14-15-32-17-20(22)19-11-12-21(33-25(19)34)18-10-13-23(36(40)41)24(16-18)35(27(38)43-30(4,5)6)28(39)44-31(7,8)9/h2-24H;1-22,24H;10-17H,1-9H3. The second kappa shape index (κ2) is 35.0. The third-order valence-corrected chi connectivity index (χ3v) is 21.7. The molecule has 0 unspecified atom stereocenters. The fourth-order valence-corrected chi connectivity index (χ4v) is 16.5. The molecule has 0 bridgehead atoms. The Morgan fingerprint density at radius 1 is 0.385 bits per heavy atom. The Kier molecular flexibility index (Phi) is 23.2. The van der Waals surface area contributed by atoms with Crippen LogP contribution in [-0.2, 0) is 25.3 Å². The number of pyridine rings is 6. The molecule has 0 aliphatic rings. The highest BCUT2D eigenvalue weighted by molar-refractivity contribution is 6.14. The van der Waals surface area contributed by atoms with Gasteiger partial charge in [-0.1, -0.05) is 188 Å². The lowest BCUT2D eigenvalue weighted by atomic mass is 9.76. The summed E-state index contributed by atoms with van der Waals surface area (Å²) < 4.78 is 22.4. The topological polar surface area (TPSA) is 332 Å². The molecule has 0 aliphatic carbocycles. The van der Waals surface area contributed by atoms with E-state index in [0.29, 0.717) is 66.3 Å². The molecule has 0 saturated heterocycles.